The van der Waals surface area contributed by atoms with Crippen molar-refractivity contribution in [3.8, 4) is 11.5 Å². The fraction of sp³-hybridized carbons (Fsp3) is 0.593. The third-order valence-corrected chi connectivity index (χ3v) is 7.29. The van der Waals surface area contributed by atoms with E-state index < -0.39 is 12.0 Å². The predicted octanol–water partition coefficient (Wildman–Crippen LogP) is 2.55. The number of benzene rings is 1. The van der Waals surface area contributed by atoms with E-state index in [1.54, 1.807) is 44.2 Å². The molecule has 0 spiro atoms. The zero-order valence-corrected chi connectivity index (χ0v) is 22.4. The molecule has 1 saturated carbocycles. The minimum Gasteiger partial charge on any atom is -0.497 e. The van der Waals surface area contributed by atoms with Crippen LogP contribution in [-0.2, 0) is 14.3 Å². The first kappa shape index (κ1) is 26.8. The summed E-state index contributed by atoms with van der Waals surface area (Å²) in [6.45, 7) is 8.62. The smallest absolute Gasteiger partial charge is 0.338 e. The molecule has 0 radical (unpaired) electrons. The van der Waals surface area contributed by atoms with Gasteiger partial charge in [0.05, 0.1) is 32.4 Å². The number of ether oxygens (including phenoxy) is 3. The van der Waals surface area contributed by atoms with Gasteiger partial charge in [-0.1, -0.05) is 0 Å². The van der Waals surface area contributed by atoms with Crippen molar-refractivity contribution in [3.63, 3.8) is 0 Å². The van der Waals surface area contributed by atoms with Crippen LogP contribution < -0.4 is 14.8 Å². The number of likely N-dealkylation sites (N-methyl/N-ethyl adjacent to an activating group) is 1. The number of nitrogens with one attached hydrogen (secondary N) is 1. The summed E-state index contributed by atoms with van der Waals surface area (Å²) >= 11 is 0. The molecule has 2 heterocycles. The van der Waals surface area contributed by atoms with Crippen LogP contribution in [0.4, 0.5) is 4.79 Å². The number of methoxy groups -OCH3 is 2. The molecule has 2 aliphatic heterocycles. The summed E-state index contributed by atoms with van der Waals surface area (Å²) in [6.07, 6.45) is 1.97. The molecule has 1 aliphatic carbocycles. The van der Waals surface area contributed by atoms with Gasteiger partial charge in [-0.2, -0.15) is 0 Å². The summed E-state index contributed by atoms with van der Waals surface area (Å²) < 4.78 is 16.5. The summed E-state index contributed by atoms with van der Waals surface area (Å²) in [5.41, 5.74) is 1.59. The molecule has 1 N–H and O–H groups in total. The Kier molecular flexibility index (Phi) is 8.26. The molecule has 10 heteroatoms. The Bertz CT molecular complexity index is 1070. The number of esters is 1. The molecule has 0 bridgehead atoms. The molecule has 4 rings (SSSR count). The van der Waals surface area contributed by atoms with Gasteiger partial charge in [-0.15, -0.1) is 0 Å². The molecule has 3 aliphatic rings. The topological polar surface area (TPSA) is 101 Å². The molecule has 202 valence electrons. The van der Waals surface area contributed by atoms with Crippen molar-refractivity contribution in [2.45, 2.75) is 45.7 Å². The van der Waals surface area contributed by atoms with Gasteiger partial charge in [-0.3, -0.25) is 14.6 Å². The second-order valence-corrected chi connectivity index (χ2v) is 9.71. The van der Waals surface area contributed by atoms with Crippen molar-refractivity contribution < 1.29 is 28.6 Å². The lowest BCUT2D eigenvalue weighted by Gasteiger charge is -2.43. The van der Waals surface area contributed by atoms with E-state index in [-0.39, 0.29) is 30.5 Å². The van der Waals surface area contributed by atoms with Crippen molar-refractivity contribution in [1.82, 2.24) is 20.0 Å². The van der Waals surface area contributed by atoms with E-state index in [1.165, 1.54) is 0 Å². The maximum atomic E-state index is 13.4. The monoisotopic (exact) mass is 514 g/mol. The first-order chi connectivity index (χ1) is 17.8. The normalized spacial score (nSPS) is 22.6. The minimum absolute atomic E-state index is 0.0512. The number of rotatable bonds is 9. The van der Waals surface area contributed by atoms with E-state index in [1.807, 2.05) is 11.8 Å². The molecular formula is C27H38N4O6. The average Bonchev–Trinajstić information content (AvgIpc) is 3.73. The molecule has 1 saturated heterocycles. The fourth-order valence-corrected chi connectivity index (χ4v) is 5.24. The maximum absolute atomic E-state index is 13.4. The Morgan fingerprint density at radius 1 is 1.11 bits per heavy atom. The third kappa shape index (κ3) is 5.53. The largest absolute Gasteiger partial charge is 0.497 e. The number of piperazine rings is 1. The zero-order valence-electron chi connectivity index (χ0n) is 22.4. The zero-order chi connectivity index (χ0) is 26.7. The Labute approximate surface area is 218 Å². The van der Waals surface area contributed by atoms with Gasteiger partial charge in [0.1, 0.15) is 11.5 Å². The first-order valence-electron chi connectivity index (χ1n) is 13.1. The number of urea groups is 1. The van der Waals surface area contributed by atoms with Gasteiger partial charge in [0.25, 0.3) is 0 Å². The summed E-state index contributed by atoms with van der Waals surface area (Å²) in [7, 11) is 3.11. The summed E-state index contributed by atoms with van der Waals surface area (Å²) in [5.74, 6) is 1.05. The highest BCUT2D eigenvalue weighted by molar-refractivity contribution is 5.95. The standard InChI is InChI=1S/C27H38N4O6/c1-6-30-21(16-29-12-13-31(17(3)15-29)25(32)18-8-9-18)23(26(33)37-7-2)24(28-27(30)34)20-14-19(35-4)10-11-22(20)36-5/h10-11,14,17-18,24H,6-9,12-13,15-16H2,1-5H3,(H,28,34). The van der Waals surface area contributed by atoms with Gasteiger partial charge in [0.15, 0.2) is 0 Å². The van der Waals surface area contributed by atoms with Gasteiger partial charge in [-0.25, -0.2) is 9.59 Å². The molecule has 37 heavy (non-hydrogen) atoms. The SMILES string of the molecule is CCOC(=O)C1=C(CN2CCN(C(=O)C3CC3)C(C)C2)N(CC)C(=O)NC1c1cc(OC)ccc1OC. The number of carbonyl (C=O) groups is 3. The van der Waals surface area contributed by atoms with Gasteiger partial charge in [0.2, 0.25) is 5.91 Å². The molecule has 2 atom stereocenters. The molecular weight excluding hydrogens is 476 g/mol. The minimum atomic E-state index is -0.774. The summed E-state index contributed by atoms with van der Waals surface area (Å²) in [5, 5.41) is 2.99. The Balaban J connectivity index is 1.72. The van der Waals surface area contributed by atoms with Crippen LogP contribution in [-0.4, -0.2) is 92.2 Å². The number of nitrogens with zero attached hydrogens (tertiary/aromatic N) is 3. The number of hydrogen-bond acceptors (Lipinski definition) is 7. The average molecular weight is 515 g/mol. The highest BCUT2D eigenvalue weighted by Crippen LogP contribution is 2.38. The van der Waals surface area contributed by atoms with E-state index in [0.717, 1.165) is 12.8 Å². The molecule has 1 aromatic carbocycles. The van der Waals surface area contributed by atoms with Crippen molar-refractivity contribution in [2.24, 2.45) is 5.92 Å². The molecule has 2 fully saturated rings. The molecule has 3 amide bonds. The van der Waals surface area contributed by atoms with Crippen molar-refractivity contribution >= 4 is 17.9 Å². The van der Waals surface area contributed by atoms with Gasteiger partial charge < -0.3 is 24.4 Å². The Morgan fingerprint density at radius 2 is 1.86 bits per heavy atom. The Morgan fingerprint density at radius 3 is 2.46 bits per heavy atom. The van der Waals surface area contributed by atoms with E-state index in [9.17, 15) is 14.4 Å². The second kappa shape index (κ2) is 11.4. The van der Waals surface area contributed by atoms with Gasteiger partial charge in [0, 0.05) is 55.9 Å². The van der Waals surface area contributed by atoms with Crippen molar-refractivity contribution in [2.75, 3.05) is 53.6 Å². The predicted molar refractivity (Wildman–Crippen MR) is 137 cm³/mol. The number of carbonyl (C=O) groups excluding carboxylic acids is 3. The molecule has 1 aromatic rings. The molecule has 10 nitrogen and oxygen atoms in total. The quantitative estimate of drug-likeness (QED) is 0.506. The number of hydrogen-bond donors (Lipinski definition) is 1. The van der Waals surface area contributed by atoms with Crippen LogP contribution in [0.3, 0.4) is 0 Å². The molecule has 2 unspecified atom stereocenters. The highest BCUT2D eigenvalue weighted by Gasteiger charge is 2.41. The highest BCUT2D eigenvalue weighted by atomic mass is 16.5. The third-order valence-electron chi connectivity index (χ3n) is 7.29. The van der Waals surface area contributed by atoms with Gasteiger partial charge >= 0.3 is 12.0 Å². The first-order valence-corrected chi connectivity index (χ1v) is 13.1. The van der Waals surface area contributed by atoms with Crippen LogP contribution in [0.2, 0.25) is 0 Å². The van der Waals surface area contributed by atoms with Gasteiger partial charge in [-0.05, 0) is 51.8 Å². The molecule has 0 aromatic heterocycles. The lowest BCUT2D eigenvalue weighted by molar-refractivity contribution is -0.139. The van der Waals surface area contributed by atoms with E-state index in [4.69, 9.17) is 14.2 Å². The lowest BCUT2D eigenvalue weighted by atomic mass is 9.93. The van der Waals surface area contributed by atoms with Crippen LogP contribution in [0, 0.1) is 5.92 Å². The van der Waals surface area contributed by atoms with Crippen LogP contribution in [0.25, 0.3) is 0 Å². The van der Waals surface area contributed by atoms with Crippen LogP contribution in [0.5, 0.6) is 11.5 Å². The van der Waals surface area contributed by atoms with Crippen LogP contribution in [0.1, 0.15) is 45.2 Å². The fourth-order valence-electron chi connectivity index (χ4n) is 5.24. The summed E-state index contributed by atoms with van der Waals surface area (Å²) in [6, 6.07) is 4.28. The maximum Gasteiger partial charge on any atom is 0.338 e. The van der Waals surface area contributed by atoms with E-state index in [2.05, 4.69) is 17.1 Å². The van der Waals surface area contributed by atoms with Crippen LogP contribution in [0.15, 0.2) is 29.5 Å². The second-order valence-electron chi connectivity index (χ2n) is 9.71. The Hall–Kier alpha value is -3.27. The van der Waals surface area contributed by atoms with E-state index in [0.29, 0.717) is 61.1 Å². The van der Waals surface area contributed by atoms with Crippen molar-refractivity contribution in [3.05, 3.63) is 35.0 Å². The van der Waals surface area contributed by atoms with Crippen molar-refractivity contribution in [1.29, 1.82) is 0 Å². The number of amides is 3. The lowest BCUT2D eigenvalue weighted by Crippen LogP contribution is -2.56. The van der Waals surface area contributed by atoms with E-state index >= 15 is 0 Å². The van der Waals surface area contributed by atoms with Crippen LogP contribution >= 0.6 is 0 Å². The summed E-state index contributed by atoms with van der Waals surface area (Å²) in [4.78, 5) is 45.2.